The smallest absolute Gasteiger partial charge is 0.389 e. The van der Waals surface area contributed by atoms with Gasteiger partial charge >= 0.3 is 6.18 Å². The third-order valence-electron chi connectivity index (χ3n) is 4.90. The molecule has 0 spiro atoms. The van der Waals surface area contributed by atoms with Crippen molar-refractivity contribution in [3.8, 4) is 10.6 Å². The molecule has 0 bridgehead atoms. The summed E-state index contributed by atoms with van der Waals surface area (Å²) in [6, 6.07) is 0.277. The summed E-state index contributed by atoms with van der Waals surface area (Å²) in [6.07, 6.45) is -3.67. The summed E-state index contributed by atoms with van der Waals surface area (Å²) in [5, 5.41) is 12.2. The van der Waals surface area contributed by atoms with Crippen molar-refractivity contribution >= 4 is 34.3 Å². The number of carbonyl (C=O) groups is 1. The third kappa shape index (κ3) is 5.27. The fourth-order valence-corrected chi connectivity index (χ4v) is 4.23. The minimum Gasteiger partial charge on any atom is -0.389 e. The van der Waals surface area contributed by atoms with Crippen molar-refractivity contribution in [2.45, 2.75) is 18.3 Å². The fourth-order valence-electron chi connectivity index (χ4n) is 3.35. The summed E-state index contributed by atoms with van der Waals surface area (Å²) in [5.74, 6) is -2.59. The first-order chi connectivity index (χ1) is 15.6. The molecule has 5 N–H and O–H groups in total. The lowest BCUT2D eigenvalue weighted by molar-refractivity contribution is -0.161. The normalized spacial score (nSPS) is 18.2. The van der Waals surface area contributed by atoms with E-state index in [4.69, 9.17) is 11.1 Å². The summed E-state index contributed by atoms with van der Waals surface area (Å²) < 4.78 is 67.5. The highest BCUT2D eigenvalue weighted by Gasteiger charge is 2.43. The minimum absolute atomic E-state index is 0.0263. The van der Waals surface area contributed by atoms with Crippen molar-refractivity contribution in [2.24, 2.45) is 4.99 Å². The number of amidine groups is 1. The minimum atomic E-state index is -4.48. The molecule has 1 unspecified atom stereocenters. The molecule has 1 amide bonds. The molecule has 1 fully saturated rings. The van der Waals surface area contributed by atoms with E-state index >= 15 is 0 Å². The van der Waals surface area contributed by atoms with Crippen LogP contribution in [0.15, 0.2) is 23.2 Å². The number of aliphatic imine (C=N–C) groups is 1. The van der Waals surface area contributed by atoms with Gasteiger partial charge in [0, 0.05) is 32.9 Å². The molecule has 0 saturated carbocycles. The average Bonchev–Trinajstić information content (AvgIpc) is 3.14. The number of nitrogen functional groups attached to an aromatic ring is 1. The zero-order valence-corrected chi connectivity index (χ0v) is 18.0. The first kappa shape index (κ1) is 24.5. The number of anilines is 1. The molecule has 33 heavy (non-hydrogen) atoms. The van der Waals surface area contributed by atoms with E-state index in [1.54, 1.807) is 0 Å². The number of nitrogens with two attached hydrogens (primary N) is 1. The highest BCUT2D eigenvalue weighted by molar-refractivity contribution is 7.19. The number of rotatable bonds is 5. The van der Waals surface area contributed by atoms with E-state index in [1.807, 2.05) is 0 Å². The van der Waals surface area contributed by atoms with E-state index in [0.717, 1.165) is 18.3 Å². The number of hydrogen-bond acceptors (Lipinski definition) is 7. The standard InChI is InChI=1S/C19H20F5N7OS/c1-27-16(31-6-5-28-12(8-31)19(22,23)24)11(7-25)29-17(32)14-15(26)33-18(30-14)13-9(20)3-2-4-10(13)21/h2-4,7,11-12,25,28H,5-6,8,26H2,1H3,(H,29,32)/t11?,12-/m0/s1. The molecule has 3 rings (SSSR count). The van der Waals surface area contributed by atoms with Gasteiger partial charge in [-0.15, -0.1) is 0 Å². The number of amides is 1. The second-order valence-corrected chi connectivity index (χ2v) is 8.05. The zero-order chi connectivity index (χ0) is 24.3. The van der Waals surface area contributed by atoms with Crippen LogP contribution in [0.4, 0.5) is 27.0 Å². The maximum atomic E-state index is 14.1. The predicted molar refractivity (Wildman–Crippen MR) is 115 cm³/mol. The summed E-state index contributed by atoms with van der Waals surface area (Å²) in [6.45, 7) is -0.251. The lowest BCUT2D eigenvalue weighted by atomic mass is 10.1. The fraction of sp³-hybridized carbons (Fsp3) is 0.368. The average molecular weight is 489 g/mol. The lowest BCUT2D eigenvalue weighted by Crippen LogP contribution is -2.61. The maximum Gasteiger partial charge on any atom is 0.405 e. The molecular weight excluding hydrogens is 469 g/mol. The van der Waals surface area contributed by atoms with Crippen LogP contribution in [-0.2, 0) is 0 Å². The summed E-state index contributed by atoms with van der Waals surface area (Å²) in [7, 11) is 1.33. The second kappa shape index (κ2) is 9.79. The first-order valence-electron chi connectivity index (χ1n) is 9.60. The monoisotopic (exact) mass is 489 g/mol. The number of alkyl halides is 3. The summed E-state index contributed by atoms with van der Waals surface area (Å²) in [4.78, 5) is 22.0. The molecule has 0 aliphatic carbocycles. The highest BCUT2D eigenvalue weighted by Crippen LogP contribution is 2.33. The van der Waals surface area contributed by atoms with Gasteiger partial charge in [0.05, 0.1) is 5.56 Å². The topological polar surface area (TPSA) is 119 Å². The van der Waals surface area contributed by atoms with Crippen molar-refractivity contribution in [3.05, 3.63) is 35.5 Å². The molecule has 2 aromatic rings. The molecule has 2 atom stereocenters. The third-order valence-corrected chi connectivity index (χ3v) is 5.80. The van der Waals surface area contributed by atoms with Crippen LogP contribution in [0, 0.1) is 17.0 Å². The van der Waals surface area contributed by atoms with Gasteiger partial charge in [-0.1, -0.05) is 17.4 Å². The number of piperazine rings is 1. The Bertz CT molecular complexity index is 1050. The van der Waals surface area contributed by atoms with Gasteiger partial charge in [-0.05, 0) is 12.1 Å². The van der Waals surface area contributed by atoms with Crippen LogP contribution in [-0.4, -0.2) is 72.8 Å². The van der Waals surface area contributed by atoms with E-state index in [9.17, 15) is 26.7 Å². The van der Waals surface area contributed by atoms with Crippen LogP contribution < -0.4 is 16.4 Å². The Morgan fingerprint density at radius 1 is 1.42 bits per heavy atom. The van der Waals surface area contributed by atoms with Gasteiger partial charge in [0.15, 0.2) is 5.69 Å². The van der Waals surface area contributed by atoms with Crippen LogP contribution in [0.5, 0.6) is 0 Å². The Kier molecular flexibility index (Phi) is 7.27. The molecule has 8 nitrogen and oxygen atoms in total. The van der Waals surface area contributed by atoms with Crippen LogP contribution in [0.3, 0.4) is 0 Å². The Balaban J connectivity index is 1.81. The number of thiazole rings is 1. The molecule has 1 aliphatic rings. The Hall–Kier alpha value is -3.13. The van der Waals surface area contributed by atoms with Gasteiger partial charge in [0.2, 0.25) is 0 Å². The maximum absolute atomic E-state index is 14.1. The number of nitrogens with zero attached hydrogens (tertiary/aromatic N) is 3. The van der Waals surface area contributed by atoms with Crippen LogP contribution in [0.2, 0.25) is 0 Å². The number of hydrogen-bond donors (Lipinski definition) is 4. The van der Waals surface area contributed by atoms with Crippen molar-refractivity contribution in [2.75, 3.05) is 32.4 Å². The van der Waals surface area contributed by atoms with E-state index in [2.05, 4.69) is 20.6 Å². The SMILES string of the molecule is CN=C(C(C=N)NC(=O)c1nc(-c2c(F)cccc2F)sc1N)N1CCN[C@H](C(F)(F)F)C1. The van der Waals surface area contributed by atoms with E-state index in [1.165, 1.54) is 18.0 Å². The molecule has 0 radical (unpaired) electrons. The van der Waals surface area contributed by atoms with E-state index < -0.39 is 47.9 Å². The van der Waals surface area contributed by atoms with Crippen LogP contribution in [0.1, 0.15) is 10.5 Å². The number of carbonyl (C=O) groups excluding carboxylic acids is 1. The van der Waals surface area contributed by atoms with Crippen molar-refractivity contribution in [1.29, 1.82) is 5.41 Å². The molecule has 1 aromatic carbocycles. The quantitative estimate of drug-likeness (QED) is 0.292. The molecule has 178 valence electrons. The zero-order valence-electron chi connectivity index (χ0n) is 17.2. The molecule has 14 heteroatoms. The van der Waals surface area contributed by atoms with E-state index in [-0.39, 0.29) is 34.6 Å². The molecule has 1 aliphatic heterocycles. The van der Waals surface area contributed by atoms with Crippen LogP contribution >= 0.6 is 11.3 Å². The number of halogens is 5. The van der Waals surface area contributed by atoms with E-state index in [0.29, 0.717) is 11.3 Å². The molecule has 1 saturated heterocycles. The lowest BCUT2D eigenvalue weighted by Gasteiger charge is -2.38. The van der Waals surface area contributed by atoms with Gasteiger partial charge in [-0.25, -0.2) is 13.8 Å². The Morgan fingerprint density at radius 3 is 2.67 bits per heavy atom. The number of nitrogens with one attached hydrogen (secondary N) is 3. The van der Waals surface area contributed by atoms with Crippen LogP contribution in [0.25, 0.3) is 10.6 Å². The van der Waals surface area contributed by atoms with Crippen molar-refractivity contribution in [1.82, 2.24) is 20.5 Å². The summed E-state index contributed by atoms with van der Waals surface area (Å²) in [5.41, 5.74) is 5.07. The predicted octanol–water partition coefficient (Wildman–Crippen LogP) is 2.28. The highest BCUT2D eigenvalue weighted by atomic mass is 32.1. The Labute approximate surface area is 189 Å². The van der Waals surface area contributed by atoms with Gasteiger partial charge in [0.1, 0.15) is 39.6 Å². The Morgan fingerprint density at radius 2 is 2.09 bits per heavy atom. The van der Waals surface area contributed by atoms with Crippen molar-refractivity contribution in [3.63, 3.8) is 0 Å². The second-order valence-electron chi connectivity index (χ2n) is 7.02. The van der Waals surface area contributed by atoms with Gasteiger partial charge in [-0.3, -0.25) is 9.79 Å². The van der Waals surface area contributed by atoms with Gasteiger partial charge in [-0.2, -0.15) is 13.2 Å². The first-order valence-corrected chi connectivity index (χ1v) is 10.4. The largest absolute Gasteiger partial charge is 0.405 e. The molecular formula is C19H20F5N7OS. The molecule has 2 heterocycles. The number of aromatic nitrogens is 1. The van der Waals surface area contributed by atoms with Gasteiger partial charge < -0.3 is 26.7 Å². The van der Waals surface area contributed by atoms with Crippen molar-refractivity contribution < 1.29 is 26.7 Å². The van der Waals surface area contributed by atoms with Gasteiger partial charge in [0.25, 0.3) is 5.91 Å². The summed E-state index contributed by atoms with van der Waals surface area (Å²) >= 11 is 0.699. The number of benzene rings is 1. The molecule has 1 aromatic heterocycles.